The molecule has 0 radical (unpaired) electrons. The third-order valence-corrected chi connectivity index (χ3v) is 6.78. The first-order valence-electron chi connectivity index (χ1n) is 10.0. The van der Waals surface area contributed by atoms with Crippen molar-refractivity contribution < 1.29 is 9.18 Å². The fourth-order valence-corrected chi connectivity index (χ4v) is 5.28. The molecule has 1 aromatic carbocycles. The van der Waals surface area contributed by atoms with E-state index < -0.39 is 0 Å². The predicted octanol–water partition coefficient (Wildman–Crippen LogP) is 4.97. The van der Waals surface area contributed by atoms with Gasteiger partial charge in [0.1, 0.15) is 10.6 Å². The standard InChI is InChI=1S/C23H21FN4OS/c1-15-19-12-21(22(29)27-11-3-5-20(27)17-4-2-10-25-13-17)30-23(19)28(26-15)14-16-6-8-18(24)9-7-16/h2,4,6-10,12-13,20H,3,5,11,14H2,1H3. The van der Waals surface area contributed by atoms with Crippen LogP contribution in [0, 0.1) is 12.7 Å². The van der Waals surface area contributed by atoms with Gasteiger partial charge >= 0.3 is 0 Å². The Kier molecular flexibility index (Phi) is 4.83. The van der Waals surface area contributed by atoms with Crippen molar-refractivity contribution in [1.82, 2.24) is 19.7 Å². The van der Waals surface area contributed by atoms with Gasteiger partial charge in [0.05, 0.1) is 23.2 Å². The molecule has 1 aliphatic rings. The van der Waals surface area contributed by atoms with Gasteiger partial charge in [0.2, 0.25) is 0 Å². The fraction of sp³-hybridized carbons (Fsp3) is 0.261. The van der Waals surface area contributed by atoms with Crippen LogP contribution in [0.15, 0.2) is 54.9 Å². The van der Waals surface area contributed by atoms with Crippen LogP contribution >= 0.6 is 11.3 Å². The first-order valence-corrected chi connectivity index (χ1v) is 10.8. The van der Waals surface area contributed by atoms with E-state index in [1.54, 1.807) is 18.3 Å². The molecule has 4 aromatic rings. The van der Waals surface area contributed by atoms with Crippen molar-refractivity contribution in [2.75, 3.05) is 6.54 Å². The van der Waals surface area contributed by atoms with Crippen molar-refractivity contribution in [1.29, 1.82) is 0 Å². The number of hydrogen-bond donors (Lipinski definition) is 0. The Morgan fingerprint density at radius 2 is 2.10 bits per heavy atom. The van der Waals surface area contributed by atoms with Gasteiger partial charge in [0.15, 0.2) is 0 Å². The van der Waals surface area contributed by atoms with Gasteiger partial charge in [-0.15, -0.1) is 11.3 Å². The molecule has 152 valence electrons. The second-order valence-corrected chi connectivity index (χ2v) is 8.67. The van der Waals surface area contributed by atoms with Gasteiger partial charge in [-0.25, -0.2) is 4.39 Å². The molecular formula is C23H21FN4OS. The first-order chi connectivity index (χ1) is 14.6. The number of rotatable bonds is 4. The number of carbonyl (C=O) groups is 1. The van der Waals surface area contributed by atoms with Crippen LogP contribution in [0.1, 0.15) is 45.4 Å². The molecule has 0 N–H and O–H groups in total. The van der Waals surface area contributed by atoms with E-state index in [-0.39, 0.29) is 17.8 Å². The van der Waals surface area contributed by atoms with Crippen LogP contribution < -0.4 is 0 Å². The minimum absolute atomic E-state index is 0.0651. The number of hydrogen-bond acceptors (Lipinski definition) is 4. The van der Waals surface area contributed by atoms with Crippen LogP contribution in [0.3, 0.4) is 0 Å². The number of carbonyl (C=O) groups excluding carboxylic acids is 1. The number of aryl methyl sites for hydroxylation is 1. The predicted molar refractivity (Wildman–Crippen MR) is 115 cm³/mol. The van der Waals surface area contributed by atoms with Crippen LogP contribution in [-0.2, 0) is 6.54 Å². The quantitative estimate of drug-likeness (QED) is 0.469. The van der Waals surface area contributed by atoms with E-state index in [0.29, 0.717) is 6.54 Å². The third-order valence-electron chi connectivity index (χ3n) is 5.65. The van der Waals surface area contributed by atoms with Gasteiger partial charge in [-0.3, -0.25) is 14.5 Å². The molecule has 5 nitrogen and oxygen atoms in total. The number of amides is 1. The lowest BCUT2D eigenvalue weighted by molar-refractivity contribution is 0.0740. The number of benzene rings is 1. The molecule has 3 aromatic heterocycles. The van der Waals surface area contributed by atoms with Crippen LogP contribution in [0.5, 0.6) is 0 Å². The van der Waals surface area contributed by atoms with E-state index in [4.69, 9.17) is 0 Å². The molecular weight excluding hydrogens is 399 g/mol. The van der Waals surface area contributed by atoms with Crippen molar-refractivity contribution in [3.05, 3.63) is 82.4 Å². The van der Waals surface area contributed by atoms with Crippen LogP contribution in [0.4, 0.5) is 4.39 Å². The number of nitrogens with zero attached hydrogens (tertiary/aromatic N) is 4. The molecule has 1 fully saturated rings. The molecule has 1 amide bonds. The highest BCUT2D eigenvalue weighted by Crippen LogP contribution is 2.36. The van der Waals surface area contributed by atoms with E-state index >= 15 is 0 Å². The van der Waals surface area contributed by atoms with Crippen LogP contribution in [0.2, 0.25) is 0 Å². The Morgan fingerprint density at radius 3 is 2.87 bits per heavy atom. The summed E-state index contributed by atoms with van der Waals surface area (Å²) in [5.74, 6) is -0.186. The number of fused-ring (bicyclic) bond motifs is 1. The molecule has 0 bridgehead atoms. The SMILES string of the molecule is Cc1nn(Cc2ccc(F)cc2)c2sc(C(=O)N3CCCC3c3cccnc3)cc12. The molecule has 0 saturated carbocycles. The average molecular weight is 421 g/mol. The monoisotopic (exact) mass is 420 g/mol. The number of thiophene rings is 1. The lowest BCUT2D eigenvalue weighted by atomic mass is 10.1. The summed E-state index contributed by atoms with van der Waals surface area (Å²) in [6, 6.07) is 12.4. The summed E-state index contributed by atoms with van der Waals surface area (Å²) in [6.45, 7) is 3.26. The number of pyridine rings is 1. The maximum Gasteiger partial charge on any atom is 0.264 e. The lowest BCUT2D eigenvalue weighted by Gasteiger charge is -2.24. The Labute approximate surface area is 177 Å². The summed E-state index contributed by atoms with van der Waals surface area (Å²) in [5.41, 5.74) is 2.95. The maximum atomic E-state index is 13.4. The van der Waals surface area contributed by atoms with Gasteiger partial charge < -0.3 is 4.90 Å². The van der Waals surface area contributed by atoms with E-state index in [1.165, 1.54) is 23.5 Å². The Hall–Kier alpha value is -3.06. The highest BCUT2D eigenvalue weighted by atomic mass is 32.1. The Balaban J connectivity index is 1.45. The second kappa shape index (κ2) is 7.65. The van der Waals surface area contributed by atoms with E-state index in [2.05, 4.69) is 10.1 Å². The molecule has 1 unspecified atom stereocenters. The molecule has 4 heterocycles. The highest BCUT2D eigenvalue weighted by Gasteiger charge is 2.32. The van der Waals surface area contributed by atoms with Crippen molar-refractivity contribution in [2.45, 2.75) is 32.4 Å². The van der Waals surface area contributed by atoms with Gasteiger partial charge in [-0.1, -0.05) is 18.2 Å². The van der Waals surface area contributed by atoms with Gasteiger partial charge in [-0.05, 0) is 55.2 Å². The summed E-state index contributed by atoms with van der Waals surface area (Å²) < 4.78 is 15.1. The van der Waals surface area contributed by atoms with Gasteiger partial charge in [0.25, 0.3) is 5.91 Å². The Morgan fingerprint density at radius 1 is 1.27 bits per heavy atom. The molecule has 1 aliphatic heterocycles. The summed E-state index contributed by atoms with van der Waals surface area (Å²) in [5, 5.41) is 5.63. The van der Waals surface area contributed by atoms with Crippen LogP contribution in [-0.4, -0.2) is 32.1 Å². The molecule has 1 atom stereocenters. The van der Waals surface area contributed by atoms with Gasteiger partial charge in [-0.2, -0.15) is 5.10 Å². The zero-order chi connectivity index (χ0) is 20.7. The summed E-state index contributed by atoms with van der Waals surface area (Å²) in [6.07, 6.45) is 5.56. The second-order valence-electron chi connectivity index (χ2n) is 7.64. The van der Waals surface area contributed by atoms with Crippen LogP contribution in [0.25, 0.3) is 10.2 Å². The molecule has 7 heteroatoms. The number of likely N-dealkylation sites (tertiary alicyclic amines) is 1. The van der Waals surface area contributed by atoms with Gasteiger partial charge in [0, 0.05) is 24.3 Å². The summed E-state index contributed by atoms with van der Waals surface area (Å²) in [7, 11) is 0. The average Bonchev–Trinajstić information content (AvgIpc) is 3.48. The van der Waals surface area contributed by atoms with E-state index in [1.807, 2.05) is 40.9 Å². The van der Waals surface area contributed by atoms with Crippen molar-refractivity contribution in [3.8, 4) is 0 Å². The van der Waals surface area contributed by atoms with E-state index in [0.717, 1.165) is 51.3 Å². The van der Waals surface area contributed by atoms with E-state index in [9.17, 15) is 9.18 Å². The number of aromatic nitrogens is 3. The minimum Gasteiger partial charge on any atom is -0.331 e. The molecule has 30 heavy (non-hydrogen) atoms. The van der Waals surface area contributed by atoms with Crippen molar-refractivity contribution in [2.24, 2.45) is 0 Å². The molecule has 0 aliphatic carbocycles. The summed E-state index contributed by atoms with van der Waals surface area (Å²) in [4.78, 5) is 21.2. The molecule has 1 saturated heterocycles. The number of halogens is 1. The zero-order valence-corrected chi connectivity index (χ0v) is 17.4. The lowest BCUT2D eigenvalue weighted by Crippen LogP contribution is -2.30. The minimum atomic E-state index is -0.252. The smallest absolute Gasteiger partial charge is 0.264 e. The summed E-state index contributed by atoms with van der Waals surface area (Å²) >= 11 is 1.48. The largest absolute Gasteiger partial charge is 0.331 e. The van der Waals surface area contributed by atoms with Crippen molar-refractivity contribution >= 4 is 27.5 Å². The normalized spacial score (nSPS) is 16.5. The topological polar surface area (TPSA) is 51.0 Å². The zero-order valence-electron chi connectivity index (χ0n) is 16.6. The molecule has 5 rings (SSSR count). The highest BCUT2D eigenvalue weighted by molar-refractivity contribution is 7.20. The van der Waals surface area contributed by atoms with Crippen molar-refractivity contribution in [3.63, 3.8) is 0 Å². The third kappa shape index (κ3) is 3.39. The fourth-order valence-electron chi connectivity index (χ4n) is 4.16. The maximum absolute atomic E-state index is 13.4. The first kappa shape index (κ1) is 18.9. The Bertz CT molecular complexity index is 1200. The molecule has 0 spiro atoms.